The number of piperazine rings is 1. The molecule has 4 nitrogen and oxygen atoms in total. The highest BCUT2D eigenvalue weighted by Crippen LogP contribution is 2.37. The largest absolute Gasteiger partial charge is 0.573 e. The first-order valence-electron chi connectivity index (χ1n) is 7.42. The summed E-state index contributed by atoms with van der Waals surface area (Å²) in [4.78, 5) is 4.58. The van der Waals surface area contributed by atoms with Crippen LogP contribution in [0.2, 0.25) is 0 Å². The van der Waals surface area contributed by atoms with Crippen LogP contribution in [0.3, 0.4) is 0 Å². The molecule has 0 aliphatic carbocycles. The van der Waals surface area contributed by atoms with Crippen molar-refractivity contribution in [1.29, 1.82) is 0 Å². The smallest absolute Gasteiger partial charge is 0.504 e. The molecule has 0 unspecified atom stereocenters. The van der Waals surface area contributed by atoms with E-state index in [1.807, 2.05) is 0 Å². The monoisotopic (exact) mass is 396 g/mol. The van der Waals surface area contributed by atoms with Gasteiger partial charge in [0.05, 0.1) is 0 Å². The van der Waals surface area contributed by atoms with E-state index in [-0.39, 0.29) is 0 Å². The van der Waals surface area contributed by atoms with Gasteiger partial charge < -0.3 is 19.6 Å². The molecule has 1 aromatic rings. The van der Waals surface area contributed by atoms with Gasteiger partial charge in [-0.1, -0.05) is 15.9 Å². The number of likely N-dealkylation sites (N-methyl/N-ethyl adjacent to an activating group) is 1. The molecule has 1 aliphatic heterocycles. The van der Waals surface area contributed by atoms with Gasteiger partial charge in [0.25, 0.3) is 0 Å². The summed E-state index contributed by atoms with van der Waals surface area (Å²) in [5, 5.41) is 9.98. The Morgan fingerprint density at radius 1 is 1.22 bits per heavy atom. The van der Waals surface area contributed by atoms with E-state index in [0.717, 1.165) is 45.2 Å². The van der Waals surface area contributed by atoms with Gasteiger partial charge in [0, 0.05) is 30.7 Å². The summed E-state index contributed by atoms with van der Waals surface area (Å²) >= 11 is 3.16. The zero-order valence-corrected chi connectivity index (χ0v) is 14.5. The van der Waals surface area contributed by atoms with Crippen LogP contribution in [0.5, 0.6) is 11.5 Å². The number of phenols is 1. The summed E-state index contributed by atoms with van der Waals surface area (Å²) in [7, 11) is 2.08. The SMILES string of the molecule is CN1CCN(CCCc2cc(Br)cc(OC(F)(F)F)c2O)CC1. The molecule has 0 amide bonds. The lowest BCUT2D eigenvalue weighted by molar-refractivity contribution is -0.275. The minimum atomic E-state index is -4.82. The number of nitrogens with zero attached hydrogens (tertiary/aromatic N) is 2. The van der Waals surface area contributed by atoms with Crippen molar-refractivity contribution in [3.8, 4) is 11.5 Å². The van der Waals surface area contributed by atoms with Crippen molar-refractivity contribution < 1.29 is 23.0 Å². The van der Waals surface area contributed by atoms with Crippen molar-refractivity contribution in [1.82, 2.24) is 9.80 Å². The second-order valence-electron chi connectivity index (χ2n) is 5.71. The van der Waals surface area contributed by atoms with E-state index in [0.29, 0.717) is 16.5 Å². The highest BCUT2D eigenvalue weighted by molar-refractivity contribution is 9.10. The molecule has 1 N–H and O–H groups in total. The standard InChI is InChI=1S/C15H20BrF3N2O2/c1-20-5-7-21(8-6-20)4-2-3-11-9-12(16)10-13(14(11)22)23-15(17,18)19/h9-10,22H,2-8H2,1H3. The first-order chi connectivity index (χ1) is 10.7. The summed E-state index contributed by atoms with van der Waals surface area (Å²) in [6, 6.07) is 2.75. The fourth-order valence-electron chi connectivity index (χ4n) is 2.59. The molecule has 0 aromatic heterocycles. The van der Waals surface area contributed by atoms with Crippen LogP contribution in [0.1, 0.15) is 12.0 Å². The fraction of sp³-hybridized carbons (Fsp3) is 0.600. The van der Waals surface area contributed by atoms with E-state index in [4.69, 9.17) is 0 Å². The number of halogens is 4. The Kier molecular flexibility index (Phi) is 6.16. The topological polar surface area (TPSA) is 35.9 Å². The molecule has 130 valence electrons. The predicted molar refractivity (Wildman–Crippen MR) is 84.7 cm³/mol. The van der Waals surface area contributed by atoms with Crippen molar-refractivity contribution >= 4 is 15.9 Å². The Hall–Kier alpha value is -0.990. The van der Waals surface area contributed by atoms with E-state index < -0.39 is 17.9 Å². The third-order valence-electron chi connectivity index (χ3n) is 3.86. The van der Waals surface area contributed by atoms with E-state index >= 15 is 0 Å². The Morgan fingerprint density at radius 3 is 2.48 bits per heavy atom. The minimum Gasteiger partial charge on any atom is -0.504 e. The van der Waals surface area contributed by atoms with Crippen LogP contribution in [0, 0.1) is 0 Å². The lowest BCUT2D eigenvalue weighted by Crippen LogP contribution is -2.44. The average molecular weight is 397 g/mol. The lowest BCUT2D eigenvalue weighted by atomic mass is 10.1. The van der Waals surface area contributed by atoms with Crippen molar-refractivity contribution in [2.75, 3.05) is 39.8 Å². The molecule has 1 aromatic carbocycles. The van der Waals surface area contributed by atoms with Gasteiger partial charge in [-0.15, -0.1) is 13.2 Å². The van der Waals surface area contributed by atoms with Crippen LogP contribution in [0.4, 0.5) is 13.2 Å². The van der Waals surface area contributed by atoms with E-state index in [1.54, 1.807) is 6.07 Å². The van der Waals surface area contributed by atoms with Crippen molar-refractivity contribution in [3.63, 3.8) is 0 Å². The highest BCUT2D eigenvalue weighted by atomic mass is 79.9. The fourth-order valence-corrected chi connectivity index (χ4v) is 3.07. The first kappa shape index (κ1) is 18.4. The average Bonchev–Trinajstić information content (AvgIpc) is 2.44. The zero-order valence-electron chi connectivity index (χ0n) is 12.9. The summed E-state index contributed by atoms with van der Waals surface area (Å²) in [5.41, 5.74) is 0.452. The number of aryl methyl sites for hydroxylation is 1. The van der Waals surface area contributed by atoms with Crippen molar-refractivity contribution in [2.45, 2.75) is 19.2 Å². The maximum atomic E-state index is 12.4. The van der Waals surface area contributed by atoms with Crippen LogP contribution >= 0.6 is 15.9 Å². The van der Waals surface area contributed by atoms with Crippen molar-refractivity contribution in [2.24, 2.45) is 0 Å². The summed E-state index contributed by atoms with van der Waals surface area (Å²) < 4.78 is 41.4. The molecular weight excluding hydrogens is 377 g/mol. The summed E-state index contributed by atoms with van der Waals surface area (Å²) in [6.07, 6.45) is -3.57. The quantitative estimate of drug-likeness (QED) is 0.828. The van der Waals surface area contributed by atoms with Gasteiger partial charge in [0.1, 0.15) is 0 Å². The zero-order chi connectivity index (χ0) is 17.0. The summed E-state index contributed by atoms with van der Waals surface area (Å²) in [5.74, 6) is -1.01. The second kappa shape index (κ2) is 7.72. The number of hydrogen-bond donors (Lipinski definition) is 1. The molecule has 0 saturated carbocycles. The minimum absolute atomic E-state index is 0.441. The number of benzene rings is 1. The van der Waals surface area contributed by atoms with Gasteiger partial charge in [0.2, 0.25) is 0 Å². The maximum Gasteiger partial charge on any atom is 0.573 e. The number of alkyl halides is 3. The number of rotatable bonds is 5. The summed E-state index contributed by atoms with van der Waals surface area (Å²) in [6.45, 7) is 4.87. The normalized spacial score (nSPS) is 17.4. The van der Waals surface area contributed by atoms with Crippen LogP contribution in [-0.2, 0) is 6.42 Å². The van der Waals surface area contributed by atoms with Crippen LogP contribution in [0.25, 0.3) is 0 Å². The van der Waals surface area contributed by atoms with E-state index in [2.05, 4.69) is 37.5 Å². The molecule has 0 atom stereocenters. The number of phenolic OH excluding ortho intramolecular Hbond substituents is 1. The molecule has 1 heterocycles. The van der Waals surface area contributed by atoms with Crippen molar-refractivity contribution in [3.05, 3.63) is 22.2 Å². The van der Waals surface area contributed by atoms with Gasteiger partial charge >= 0.3 is 6.36 Å². The third-order valence-corrected chi connectivity index (χ3v) is 4.32. The van der Waals surface area contributed by atoms with Gasteiger partial charge in [-0.2, -0.15) is 0 Å². The molecule has 1 aliphatic rings. The van der Waals surface area contributed by atoms with Gasteiger partial charge in [-0.05, 0) is 44.1 Å². The second-order valence-corrected chi connectivity index (χ2v) is 6.62. The Morgan fingerprint density at radius 2 is 1.87 bits per heavy atom. The molecule has 2 rings (SSSR count). The van der Waals surface area contributed by atoms with E-state index in [1.165, 1.54) is 0 Å². The Bertz CT molecular complexity index is 532. The molecule has 0 bridgehead atoms. The van der Waals surface area contributed by atoms with Gasteiger partial charge in [-0.3, -0.25) is 0 Å². The molecule has 1 fully saturated rings. The molecular formula is C15H20BrF3N2O2. The van der Waals surface area contributed by atoms with Crippen LogP contribution < -0.4 is 4.74 Å². The van der Waals surface area contributed by atoms with Crippen LogP contribution in [-0.4, -0.2) is 61.0 Å². The number of ether oxygens (including phenoxy) is 1. The van der Waals surface area contributed by atoms with E-state index in [9.17, 15) is 18.3 Å². The van der Waals surface area contributed by atoms with Gasteiger partial charge in [-0.25, -0.2) is 0 Å². The molecule has 8 heteroatoms. The predicted octanol–water partition coefficient (Wildman–Crippen LogP) is 3.23. The molecule has 0 spiro atoms. The first-order valence-corrected chi connectivity index (χ1v) is 8.22. The third kappa shape index (κ3) is 5.86. The number of hydrogen-bond acceptors (Lipinski definition) is 4. The number of aromatic hydroxyl groups is 1. The Balaban J connectivity index is 1.94. The molecule has 23 heavy (non-hydrogen) atoms. The molecule has 0 radical (unpaired) electrons. The van der Waals surface area contributed by atoms with Crippen LogP contribution in [0.15, 0.2) is 16.6 Å². The Labute approximate surface area is 142 Å². The van der Waals surface area contributed by atoms with Gasteiger partial charge in [0.15, 0.2) is 11.5 Å². The maximum absolute atomic E-state index is 12.4. The molecule has 1 saturated heterocycles. The lowest BCUT2D eigenvalue weighted by Gasteiger charge is -2.32. The highest BCUT2D eigenvalue weighted by Gasteiger charge is 2.33.